The highest BCUT2D eigenvalue weighted by Gasteiger charge is 2.25. The average Bonchev–Trinajstić information content (AvgIpc) is 2.49. The fourth-order valence-electron chi connectivity index (χ4n) is 3.02. The van der Waals surface area contributed by atoms with Gasteiger partial charge in [0.25, 0.3) is 0 Å². The molecule has 0 radical (unpaired) electrons. The predicted octanol–water partition coefficient (Wildman–Crippen LogP) is 0.542. The summed E-state index contributed by atoms with van der Waals surface area (Å²) >= 11 is 0. The van der Waals surface area contributed by atoms with E-state index in [1.165, 1.54) is 6.54 Å². The number of carbonyl (C=O) groups is 1. The molecule has 1 unspecified atom stereocenters. The first kappa shape index (κ1) is 15.7. The lowest BCUT2D eigenvalue weighted by molar-refractivity contribution is -0.133. The Kier molecular flexibility index (Phi) is 6.26. The van der Waals surface area contributed by atoms with Gasteiger partial charge in [-0.15, -0.1) is 0 Å². The molecule has 2 saturated heterocycles. The number of hydrogen-bond donors (Lipinski definition) is 1. The molecule has 0 bridgehead atoms. The number of ether oxygens (including phenoxy) is 1. The Balaban J connectivity index is 1.67. The Hall–Kier alpha value is -0.650. The molecule has 2 rings (SSSR count). The summed E-state index contributed by atoms with van der Waals surface area (Å²) in [6, 6.07) is 0. The van der Waals surface area contributed by atoms with Crippen LogP contribution >= 0.6 is 0 Å². The van der Waals surface area contributed by atoms with Crippen molar-refractivity contribution in [3.63, 3.8) is 0 Å². The molecule has 5 nitrogen and oxygen atoms in total. The van der Waals surface area contributed by atoms with Gasteiger partial charge in [0.1, 0.15) is 0 Å². The van der Waals surface area contributed by atoms with Crippen LogP contribution < -0.4 is 5.73 Å². The lowest BCUT2D eigenvalue weighted by Gasteiger charge is -2.36. The fourth-order valence-corrected chi connectivity index (χ4v) is 3.02. The van der Waals surface area contributed by atoms with Crippen LogP contribution in [0.15, 0.2) is 0 Å². The first-order valence-electron chi connectivity index (χ1n) is 7.97. The van der Waals surface area contributed by atoms with Crippen molar-refractivity contribution in [2.75, 3.05) is 52.5 Å². The number of amides is 1. The maximum absolute atomic E-state index is 12.1. The number of hydrogen-bond acceptors (Lipinski definition) is 4. The summed E-state index contributed by atoms with van der Waals surface area (Å²) in [5.41, 5.74) is 5.59. The third kappa shape index (κ3) is 4.72. The highest BCUT2D eigenvalue weighted by atomic mass is 16.5. The van der Waals surface area contributed by atoms with E-state index in [2.05, 4.69) is 4.90 Å². The number of carbonyl (C=O) groups excluding carboxylic acids is 1. The molecule has 0 spiro atoms. The normalized spacial score (nSPS) is 23.8. The van der Waals surface area contributed by atoms with Gasteiger partial charge in [0.2, 0.25) is 5.91 Å². The third-order valence-corrected chi connectivity index (χ3v) is 4.51. The highest BCUT2D eigenvalue weighted by molar-refractivity contribution is 5.76. The number of nitrogens with two attached hydrogens (primary N) is 1. The quantitative estimate of drug-likeness (QED) is 0.800. The Morgan fingerprint density at radius 1 is 1.25 bits per heavy atom. The van der Waals surface area contributed by atoms with Crippen molar-refractivity contribution >= 4 is 5.91 Å². The number of piperidine rings is 1. The van der Waals surface area contributed by atoms with Crippen LogP contribution in [-0.2, 0) is 9.53 Å². The number of rotatable bonds is 5. The second-order valence-electron chi connectivity index (χ2n) is 6.28. The van der Waals surface area contributed by atoms with Gasteiger partial charge in [-0.1, -0.05) is 6.92 Å². The number of morpholine rings is 1. The minimum absolute atomic E-state index is 0.285. The van der Waals surface area contributed by atoms with Gasteiger partial charge in [0, 0.05) is 39.1 Å². The summed E-state index contributed by atoms with van der Waals surface area (Å²) in [7, 11) is 0. The van der Waals surface area contributed by atoms with Crippen LogP contribution in [0.25, 0.3) is 0 Å². The van der Waals surface area contributed by atoms with Gasteiger partial charge in [-0.25, -0.2) is 0 Å². The molecule has 2 aliphatic rings. The molecule has 20 heavy (non-hydrogen) atoms. The Morgan fingerprint density at radius 3 is 2.50 bits per heavy atom. The zero-order valence-corrected chi connectivity index (χ0v) is 12.7. The van der Waals surface area contributed by atoms with Gasteiger partial charge in [0.15, 0.2) is 0 Å². The first-order valence-corrected chi connectivity index (χ1v) is 7.97. The van der Waals surface area contributed by atoms with Crippen molar-refractivity contribution in [3.05, 3.63) is 0 Å². The molecular weight excluding hydrogens is 254 g/mol. The summed E-state index contributed by atoms with van der Waals surface area (Å²) in [5.74, 6) is 1.32. The van der Waals surface area contributed by atoms with Crippen molar-refractivity contribution in [1.82, 2.24) is 9.80 Å². The van der Waals surface area contributed by atoms with E-state index >= 15 is 0 Å². The second kappa shape index (κ2) is 7.96. The standard InChI is InChI=1S/C15H29N3O2/c1-13(11-16)10-15(19)18-4-2-14(3-5-18)12-17-6-8-20-9-7-17/h13-14H,2-12,16H2,1H3. The van der Waals surface area contributed by atoms with Gasteiger partial charge >= 0.3 is 0 Å². The van der Waals surface area contributed by atoms with E-state index in [0.29, 0.717) is 18.9 Å². The molecule has 0 aromatic rings. The zero-order valence-electron chi connectivity index (χ0n) is 12.7. The molecule has 2 aliphatic heterocycles. The summed E-state index contributed by atoms with van der Waals surface area (Å²) in [6.07, 6.45) is 2.88. The molecule has 2 fully saturated rings. The van der Waals surface area contributed by atoms with Gasteiger partial charge in [-0.3, -0.25) is 9.69 Å². The van der Waals surface area contributed by atoms with Gasteiger partial charge in [-0.05, 0) is 31.2 Å². The van der Waals surface area contributed by atoms with E-state index in [4.69, 9.17) is 10.5 Å². The van der Waals surface area contributed by atoms with E-state index in [1.54, 1.807) is 0 Å². The Bertz CT molecular complexity index is 297. The fraction of sp³-hybridized carbons (Fsp3) is 0.933. The minimum atomic E-state index is 0.285. The van der Waals surface area contributed by atoms with E-state index < -0.39 is 0 Å². The lowest BCUT2D eigenvalue weighted by atomic mass is 9.95. The average molecular weight is 283 g/mol. The SMILES string of the molecule is CC(CN)CC(=O)N1CCC(CN2CCOCC2)CC1. The molecule has 1 amide bonds. The Morgan fingerprint density at radius 2 is 1.90 bits per heavy atom. The van der Waals surface area contributed by atoms with Crippen molar-refractivity contribution in [2.24, 2.45) is 17.6 Å². The van der Waals surface area contributed by atoms with Gasteiger partial charge in [0.05, 0.1) is 13.2 Å². The molecule has 2 heterocycles. The molecule has 0 saturated carbocycles. The van der Waals surface area contributed by atoms with E-state index in [9.17, 15) is 4.79 Å². The van der Waals surface area contributed by atoms with E-state index in [0.717, 1.165) is 58.2 Å². The molecule has 1 atom stereocenters. The largest absolute Gasteiger partial charge is 0.379 e. The van der Waals surface area contributed by atoms with Crippen LogP contribution in [0.5, 0.6) is 0 Å². The summed E-state index contributed by atoms with van der Waals surface area (Å²) < 4.78 is 5.38. The van der Waals surface area contributed by atoms with Crippen molar-refractivity contribution in [3.8, 4) is 0 Å². The second-order valence-corrected chi connectivity index (χ2v) is 6.28. The van der Waals surface area contributed by atoms with Crippen LogP contribution in [0.2, 0.25) is 0 Å². The first-order chi connectivity index (χ1) is 9.69. The van der Waals surface area contributed by atoms with Gasteiger partial charge < -0.3 is 15.4 Å². The molecule has 116 valence electrons. The highest BCUT2D eigenvalue weighted by Crippen LogP contribution is 2.20. The summed E-state index contributed by atoms with van der Waals surface area (Å²) in [5, 5.41) is 0. The Labute approximate surface area is 122 Å². The lowest BCUT2D eigenvalue weighted by Crippen LogP contribution is -2.44. The summed E-state index contributed by atoms with van der Waals surface area (Å²) in [4.78, 5) is 16.6. The van der Waals surface area contributed by atoms with Crippen molar-refractivity contribution in [1.29, 1.82) is 0 Å². The third-order valence-electron chi connectivity index (χ3n) is 4.51. The maximum atomic E-state index is 12.1. The summed E-state index contributed by atoms with van der Waals surface area (Å²) in [6.45, 7) is 9.52. The molecule has 0 aromatic carbocycles. The topological polar surface area (TPSA) is 58.8 Å². The zero-order chi connectivity index (χ0) is 14.4. The van der Waals surface area contributed by atoms with Crippen LogP contribution in [0, 0.1) is 11.8 Å². The van der Waals surface area contributed by atoms with Crippen LogP contribution in [0.3, 0.4) is 0 Å². The smallest absolute Gasteiger partial charge is 0.222 e. The minimum Gasteiger partial charge on any atom is -0.379 e. The molecule has 5 heteroatoms. The van der Waals surface area contributed by atoms with Crippen molar-refractivity contribution in [2.45, 2.75) is 26.2 Å². The van der Waals surface area contributed by atoms with Crippen LogP contribution in [0.1, 0.15) is 26.2 Å². The maximum Gasteiger partial charge on any atom is 0.222 e. The van der Waals surface area contributed by atoms with Crippen molar-refractivity contribution < 1.29 is 9.53 Å². The van der Waals surface area contributed by atoms with E-state index in [-0.39, 0.29) is 5.91 Å². The molecular formula is C15H29N3O2. The monoisotopic (exact) mass is 283 g/mol. The molecule has 0 aromatic heterocycles. The van der Waals surface area contributed by atoms with Crippen LogP contribution in [0.4, 0.5) is 0 Å². The number of likely N-dealkylation sites (tertiary alicyclic amines) is 1. The predicted molar refractivity (Wildman–Crippen MR) is 79.4 cm³/mol. The molecule has 0 aliphatic carbocycles. The van der Waals surface area contributed by atoms with E-state index in [1.807, 2.05) is 11.8 Å². The van der Waals surface area contributed by atoms with Gasteiger partial charge in [-0.2, -0.15) is 0 Å². The molecule has 2 N–H and O–H groups in total. The number of nitrogens with zero attached hydrogens (tertiary/aromatic N) is 2. The van der Waals surface area contributed by atoms with Crippen LogP contribution in [-0.4, -0.2) is 68.2 Å².